The Bertz CT molecular complexity index is 492. The molecule has 4 heteroatoms. The van der Waals surface area contributed by atoms with Gasteiger partial charge < -0.3 is 9.84 Å². The summed E-state index contributed by atoms with van der Waals surface area (Å²) in [6.45, 7) is 9.66. The van der Waals surface area contributed by atoms with E-state index in [-0.39, 0.29) is 35.4 Å². The lowest BCUT2D eigenvalue weighted by atomic mass is 9.79. The molecular weight excluding hydrogens is 244 g/mol. The van der Waals surface area contributed by atoms with E-state index in [4.69, 9.17) is 4.74 Å². The van der Waals surface area contributed by atoms with Gasteiger partial charge in [-0.2, -0.15) is 0 Å². The van der Waals surface area contributed by atoms with Gasteiger partial charge in [-0.25, -0.2) is 0 Å². The maximum atomic E-state index is 11.9. The van der Waals surface area contributed by atoms with Gasteiger partial charge in [0.1, 0.15) is 6.10 Å². The molecule has 0 bridgehead atoms. The molecule has 0 spiro atoms. The summed E-state index contributed by atoms with van der Waals surface area (Å²) >= 11 is 0. The van der Waals surface area contributed by atoms with Crippen molar-refractivity contribution in [2.75, 3.05) is 0 Å². The standard InChI is InChI=1S/C15H18O4/c1-6-4-11(17)13-8(3)15(18)19-14(13)12-7(2)10(16)5-9(6)12/h8-9,11-14,17H,1-2,4-5H2,3H3. The number of Topliss-reactive ketones (excluding diaryl/α,β-unsaturated/α-hetero) is 1. The maximum Gasteiger partial charge on any atom is 0.309 e. The van der Waals surface area contributed by atoms with Crippen LogP contribution in [0.3, 0.4) is 0 Å². The molecule has 1 N–H and O–H groups in total. The highest BCUT2D eigenvalue weighted by molar-refractivity contribution is 5.98. The van der Waals surface area contributed by atoms with E-state index in [2.05, 4.69) is 13.2 Å². The number of aliphatic hydroxyl groups is 1. The molecule has 19 heavy (non-hydrogen) atoms. The second-order valence-corrected chi connectivity index (χ2v) is 5.98. The van der Waals surface area contributed by atoms with Crippen LogP contribution >= 0.6 is 0 Å². The summed E-state index contributed by atoms with van der Waals surface area (Å²) in [6.07, 6.45) is -0.248. The smallest absolute Gasteiger partial charge is 0.309 e. The summed E-state index contributed by atoms with van der Waals surface area (Å²) in [5.41, 5.74) is 1.40. The molecule has 2 saturated carbocycles. The van der Waals surface area contributed by atoms with Gasteiger partial charge in [-0.15, -0.1) is 0 Å². The average Bonchev–Trinajstić information content (AvgIpc) is 2.75. The molecule has 0 radical (unpaired) electrons. The zero-order valence-corrected chi connectivity index (χ0v) is 11.0. The Morgan fingerprint density at radius 2 is 1.95 bits per heavy atom. The molecule has 0 aromatic carbocycles. The highest BCUT2D eigenvalue weighted by atomic mass is 16.6. The lowest BCUT2D eigenvalue weighted by Gasteiger charge is -2.26. The van der Waals surface area contributed by atoms with Crippen LogP contribution in [-0.2, 0) is 14.3 Å². The average molecular weight is 262 g/mol. The number of hydrogen-bond donors (Lipinski definition) is 1. The summed E-state index contributed by atoms with van der Waals surface area (Å²) in [6, 6.07) is 0. The van der Waals surface area contributed by atoms with Crippen molar-refractivity contribution in [2.45, 2.75) is 32.0 Å². The number of fused-ring (bicyclic) bond motifs is 3. The molecular formula is C15H18O4. The number of ether oxygens (including phenoxy) is 1. The van der Waals surface area contributed by atoms with Crippen LogP contribution in [0.1, 0.15) is 19.8 Å². The lowest BCUT2D eigenvalue weighted by Crippen LogP contribution is -2.35. The summed E-state index contributed by atoms with van der Waals surface area (Å²) in [7, 11) is 0. The van der Waals surface area contributed by atoms with E-state index in [9.17, 15) is 14.7 Å². The van der Waals surface area contributed by atoms with Crippen LogP contribution in [0.15, 0.2) is 24.3 Å². The van der Waals surface area contributed by atoms with Crippen molar-refractivity contribution in [1.82, 2.24) is 0 Å². The van der Waals surface area contributed by atoms with Crippen molar-refractivity contribution in [1.29, 1.82) is 0 Å². The molecule has 0 aromatic heterocycles. The van der Waals surface area contributed by atoms with Gasteiger partial charge in [0, 0.05) is 18.3 Å². The molecule has 1 saturated heterocycles. The zero-order chi connectivity index (χ0) is 13.9. The van der Waals surface area contributed by atoms with Gasteiger partial charge in [0.05, 0.1) is 12.0 Å². The first-order chi connectivity index (χ1) is 8.91. The van der Waals surface area contributed by atoms with Crippen molar-refractivity contribution in [2.24, 2.45) is 23.7 Å². The van der Waals surface area contributed by atoms with Crippen LogP contribution in [0.5, 0.6) is 0 Å². The Labute approximate surface area is 112 Å². The fourth-order valence-corrected chi connectivity index (χ4v) is 3.89. The summed E-state index contributed by atoms with van der Waals surface area (Å²) < 4.78 is 5.46. The summed E-state index contributed by atoms with van der Waals surface area (Å²) in [4.78, 5) is 23.7. The molecule has 1 aliphatic heterocycles. The largest absolute Gasteiger partial charge is 0.461 e. The van der Waals surface area contributed by atoms with Gasteiger partial charge >= 0.3 is 5.97 Å². The number of rotatable bonds is 0. The fourth-order valence-electron chi connectivity index (χ4n) is 3.89. The van der Waals surface area contributed by atoms with Crippen LogP contribution in [-0.4, -0.2) is 29.1 Å². The van der Waals surface area contributed by atoms with E-state index in [0.29, 0.717) is 18.4 Å². The Morgan fingerprint density at radius 3 is 2.63 bits per heavy atom. The number of carbonyl (C=O) groups excluding carboxylic acids is 2. The first kappa shape index (κ1) is 12.6. The zero-order valence-electron chi connectivity index (χ0n) is 11.0. The topological polar surface area (TPSA) is 63.6 Å². The molecule has 102 valence electrons. The Hall–Kier alpha value is -1.42. The highest BCUT2D eigenvalue weighted by Crippen LogP contribution is 2.51. The van der Waals surface area contributed by atoms with E-state index in [0.717, 1.165) is 5.57 Å². The summed E-state index contributed by atoms with van der Waals surface area (Å²) in [5, 5.41) is 10.3. The number of aliphatic hydroxyl groups excluding tert-OH is 1. The minimum atomic E-state index is -0.632. The monoisotopic (exact) mass is 262 g/mol. The first-order valence-corrected chi connectivity index (χ1v) is 6.70. The predicted octanol–water partition coefficient (Wildman–Crippen LogP) is 1.25. The minimum Gasteiger partial charge on any atom is -0.461 e. The summed E-state index contributed by atoms with van der Waals surface area (Å²) in [5.74, 6) is -1.09. The van der Waals surface area contributed by atoms with E-state index in [1.165, 1.54) is 0 Å². The molecule has 3 rings (SSSR count). The lowest BCUT2D eigenvalue weighted by molar-refractivity contribution is -0.145. The van der Waals surface area contributed by atoms with Crippen LogP contribution in [0.4, 0.5) is 0 Å². The SMILES string of the molecule is C=C1CC(O)C2C(C)C(=O)OC2C2C(=C)C(=O)CC12. The first-order valence-electron chi connectivity index (χ1n) is 6.70. The molecule has 6 atom stereocenters. The molecule has 6 unspecified atom stereocenters. The van der Waals surface area contributed by atoms with Gasteiger partial charge in [-0.05, 0) is 17.9 Å². The Kier molecular flexibility index (Phi) is 2.68. The van der Waals surface area contributed by atoms with E-state index < -0.39 is 12.2 Å². The van der Waals surface area contributed by atoms with Gasteiger partial charge in [0.25, 0.3) is 0 Å². The van der Waals surface area contributed by atoms with Crippen LogP contribution in [0, 0.1) is 23.7 Å². The van der Waals surface area contributed by atoms with Crippen molar-refractivity contribution < 1.29 is 19.4 Å². The normalized spacial score (nSPS) is 45.8. The van der Waals surface area contributed by atoms with Gasteiger partial charge in [0.2, 0.25) is 0 Å². The van der Waals surface area contributed by atoms with Gasteiger partial charge in [-0.3, -0.25) is 9.59 Å². The third kappa shape index (κ3) is 1.62. The minimum absolute atomic E-state index is 0.0295. The highest BCUT2D eigenvalue weighted by Gasteiger charge is 2.56. The van der Waals surface area contributed by atoms with Crippen LogP contribution in [0.2, 0.25) is 0 Å². The number of ketones is 1. The predicted molar refractivity (Wildman–Crippen MR) is 68.0 cm³/mol. The fraction of sp³-hybridized carbons (Fsp3) is 0.600. The second-order valence-electron chi connectivity index (χ2n) is 5.98. The Morgan fingerprint density at radius 1 is 1.26 bits per heavy atom. The number of esters is 1. The van der Waals surface area contributed by atoms with Gasteiger partial charge in [0.15, 0.2) is 5.78 Å². The third-order valence-electron chi connectivity index (χ3n) is 4.97. The van der Waals surface area contributed by atoms with E-state index in [1.54, 1.807) is 6.92 Å². The third-order valence-corrected chi connectivity index (χ3v) is 4.97. The number of hydrogen-bond acceptors (Lipinski definition) is 4. The second kappa shape index (κ2) is 4.04. The molecule has 4 nitrogen and oxygen atoms in total. The van der Waals surface area contributed by atoms with Gasteiger partial charge in [-0.1, -0.05) is 25.7 Å². The Balaban J connectivity index is 2.05. The quantitative estimate of drug-likeness (QED) is 0.405. The van der Waals surface area contributed by atoms with E-state index in [1.807, 2.05) is 0 Å². The molecule has 3 fully saturated rings. The van der Waals surface area contributed by atoms with Crippen molar-refractivity contribution in [3.05, 3.63) is 24.3 Å². The van der Waals surface area contributed by atoms with Crippen LogP contribution in [0.25, 0.3) is 0 Å². The van der Waals surface area contributed by atoms with Crippen molar-refractivity contribution >= 4 is 11.8 Å². The molecule has 0 amide bonds. The molecule has 1 heterocycles. The molecule has 2 aliphatic carbocycles. The maximum absolute atomic E-state index is 11.9. The van der Waals surface area contributed by atoms with E-state index >= 15 is 0 Å². The molecule has 0 aromatic rings. The van der Waals surface area contributed by atoms with Crippen molar-refractivity contribution in [3.8, 4) is 0 Å². The number of carbonyl (C=O) groups is 2. The van der Waals surface area contributed by atoms with Crippen molar-refractivity contribution in [3.63, 3.8) is 0 Å². The molecule has 3 aliphatic rings. The van der Waals surface area contributed by atoms with Crippen LogP contribution < -0.4 is 0 Å².